The van der Waals surface area contributed by atoms with Crippen LogP contribution < -0.4 is 4.90 Å². The molecular formula is C24H31FN4O2. The summed E-state index contributed by atoms with van der Waals surface area (Å²) in [5.41, 5.74) is 3.08. The maximum atomic E-state index is 13.7. The van der Waals surface area contributed by atoms with E-state index in [2.05, 4.69) is 4.90 Å². The number of nitrogens with zero attached hydrogens (tertiary/aromatic N) is 4. The molecule has 3 heterocycles. The van der Waals surface area contributed by atoms with Gasteiger partial charge in [0.2, 0.25) is 5.91 Å². The van der Waals surface area contributed by atoms with Gasteiger partial charge in [-0.15, -0.1) is 0 Å². The van der Waals surface area contributed by atoms with Crippen LogP contribution in [0, 0.1) is 12.7 Å². The minimum Gasteiger partial charge on any atom is -0.384 e. The summed E-state index contributed by atoms with van der Waals surface area (Å²) in [7, 11) is 1.62. The average Bonchev–Trinajstić information content (AvgIpc) is 2.78. The van der Waals surface area contributed by atoms with Crippen molar-refractivity contribution in [2.45, 2.75) is 58.0 Å². The fraction of sp³-hybridized carbons (Fsp3) is 0.542. The third-order valence-corrected chi connectivity index (χ3v) is 6.27. The Morgan fingerprint density at radius 3 is 2.90 bits per heavy atom. The number of likely N-dealkylation sites (tertiary alicyclic amines) is 1. The van der Waals surface area contributed by atoms with Crippen molar-refractivity contribution < 1.29 is 13.9 Å². The highest BCUT2D eigenvalue weighted by atomic mass is 19.1. The number of ether oxygens (including phenoxy) is 1. The van der Waals surface area contributed by atoms with Gasteiger partial charge in [-0.25, -0.2) is 14.4 Å². The number of methoxy groups -OCH3 is 1. The minimum atomic E-state index is -0.221. The molecule has 1 aromatic carbocycles. The number of hydrogen-bond donors (Lipinski definition) is 0. The van der Waals surface area contributed by atoms with Gasteiger partial charge in [0.05, 0.1) is 19.1 Å². The number of fused-ring (bicyclic) bond motifs is 1. The van der Waals surface area contributed by atoms with Crippen molar-refractivity contribution in [3.8, 4) is 0 Å². The summed E-state index contributed by atoms with van der Waals surface area (Å²) in [5.74, 6) is 1.55. The van der Waals surface area contributed by atoms with E-state index in [4.69, 9.17) is 14.7 Å². The summed E-state index contributed by atoms with van der Waals surface area (Å²) in [4.78, 5) is 26.8. The monoisotopic (exact) mass is 426 g/mol. The van der Waals surface area contributed by atoms with Crippen molar-refractivity contribution in [1.29, 1.82) is 0 Å². The van der Waals surface area contributed by atoms with Crippen molar-refractivity contribution >= 4 is 11.7 Å². The van der Waals surface area contributed by atoms with E-state index in [1.54, 1.807) is 19.2 Å². The van der Waals surface area contributed by atoms with Gasteiger partial charge in [0.1, 0.15) is 11.6 Å². The topological polar surface area (TPSA) is 58.6 Å². The number of carbonyl (C=O) groups excluding carboxylic acids is 1. The molecule has 2 aromatic rings. The number of aromatic nitrogens is 2. The van der Waals surface area contributed by atoms with E-state index in [0.717, 1.165) is 68.1 Å². The molecule has 166 valence electrons. The van der Waals surface area contributed by atoms with E-state index in [0.29, 0.717) is 19.6 Å². The first-order valence-electron chi connectivity index (χ1n) is 11.2. The van der Waals surface area contributed by atoms with Crippen molar-refractivity contribution in [1.82, 2.24) is 14.9 Å². The van der Waals surface area contributed by atoms with Gasteiger partial charge in [-0.05, 0) is 56.7 Å². The molecule has 2 aliphatic rings. The quantitative estimate of drug-likeness (QED) is 0.700. The minimum absolute atomic E-state index is 0.0972. The predicted molar refractivity (Wildman–Crippen MR) is 117 cm³/mol. The van der Waals surface area contributed by atoms with Gasteiger partial charge in [-0.1, -0.05) is 12.1 Å². The molecule has 1 amide bonds. The van der Waals surface area contributed by atoms with Gasteiger partial charge in [-0.2, -0.15) is 0 Å². The highest BCUT2D eigenvalue weighted by Gasteiger charge is 2.32. The molecule has 0 saturated carbocycles. The lowest BCUT2D eigenvalue weighted by Crippen LogP contribution is -2.40. The van der Waals surface area contributed by atoms with Crippen molar-refractivity contribution in [3.63, 3.8) is 0 Å². The highest BCUT2D eigenvalue weighted by molar-refractivity contribution is 5.76. The van der Waals surface area contributed by atoms with E-state index in [9.17, 15) is 9.18 Å². The summed E-state index contributed by atoms with van der Waals surface area (Å²) in [6, 6.07) is 6.65. The number of anilines is 1. The molecule has 1 fully saturated rings. The van der Waals surface area contributed by atoms with Crippen molar-refractivity contribution in [2.75, 3.05) is 31.7 Å². The van der Waals surface area contributed by atoms with Gasteiger partial charge in [0, 0.05) is 38.0 Å². The molecule has 0 radical (unpaired) electrons. The lowest BCUT2D eigenvalue weighted by Gasteiger charge is -2.37. The first-order valence-corrected chi connectivity index (χ1v) is 11.2. The number of halogens is 1. The zero-order valence-corrected chi connectivity index (χ0v) is 18.4. The third-order valence-electron chi connectivity index (χ3n) is 6.27. The lowest BCUT2D eigenvalue weighted by atomic mass is 9.99. The molecule has 1 atom stereocenters. The van der Waals surface area contributed by atoms with Gasteiger partial charge in [0.25, 0.3) is 0 Å². The summed E-state index contributed by atoms with van der Waals surface area (Å²) in [6.07, 6.45) is 5.29. The van der Waals surface area contributed by atoms with Gasteiger partial charge >= 0.3 is 0 Å². The molecule has 0 N–H and O–H groups in total. The number of piperidine rings is 1. The normalized spacial score (nSPS) is 18.7. The summed E-state index contributed by atoms with van der Waals surface area (Å²) < 4.78 is 18.8. The Morgan fingerprint density at radius 2 is 2.10 bits per heavy atom. The van der Waals surface area contributed by atoms with Crippen LogP contribution in [0.2, 0.25) is 0 Å². The molecule has 2 aliphatic heterocycles. The molecule has 1 aromatic heterocycles. The maximum absolute atomic E-state index is 13.7. The maximum Gasteiger partial charge on any atom is 0.225 e. The number of hydrogen-bond acceptors (Lipinski definition) is 5. The molecule has 1 saturated heterocycles. The van der Waals surface area contributed by atoms with Crippen LogP contribution in [0.5, 0.6) is 0 Å². The number of aryl methyl sites for hydroxylation is 1. The Labute approximate surface area is 183 Å². The fourth-order valence-electron chi connectivity index (χ4n) is 4.70. The Hall–Kier alpha value is -2.54. The van der Waals surface area contributed by atoms with Gasteiger partial charge in [0.15, 0.2) is 5.82 Å². The standard InChI is InChI=1S/C24H31FN4O2/c1-17-20-9-6-12-28(16-18-7-5-8-19(25)15-18)24(20)27-23(26-17)21-10-3-4-13-29(21)22(30)11-14-31-2/h5,7-8,15,21H,3-4,6,9-14,16H2,1-2H3/t21-/m0/s1. The van der Waals surface area contributed by atoms with E-state index in [1.807, 2.05) is 17.9 Å². The molecular weight excluding hydrogens is 395 g/mol. The smallest absolute Gasteiger partial charge is 0.225 e. The third kappa shape index (κ3) is 4.87. The van der Waals surface area contributed by atoms with Crippen LogP contribution in [-0.4, -0.2) is 47.6 Å². The SMILES string of the molecule is COCCC(=O)N1CCCC[C@H]1c1nc(C)c2c(n1)N(Cc1cccc(F)c1)CCC2. The summed E-state index contributed by atoms with van der Waals surface area (Å²) >= 11 is 0. The van der Waals surface area contributed by atoms with E-state index < -0.39 is 0 Å². The van der Waals surface area contributed by atoms with Crippen molar-refractivity contribution in [2.24, 2.45) is 0 Å². The highest BCUT2D eigenvalue weighted by Crippen LogP contribution is 2.34. The average molecular weight is 427 g/mol. The fourth-order valence-corrected chi connectivity index (χ4v) is 4.70. The Bertz CT molecular complexity index is 936. The molecule has 0 unspecified atom stereocenters. The zero-order valence-electron chi connectivity index (χ0n) is 18.4. The largest absolute Gasteiger partial charge is 0.384 e. The van der Waals surface area contributed by atoms with E-state index >= 15 is 0 Å². The van der Waals surface area contributed by atoms with Crippen LogP contribution in [0.4, 0.5) is 10.2 Å². The van der Waals surface area contributed by atoms with Crippen molar-refractivity contribution in [3.05, 3.63) is 52.7 Å². The molecule has 31 heavy (non-hydrogen) atoms. The molecule has 0 aliphatic carbocycles. The first-order chi connectivity index (χ1) is 15.1. The molecule has 4 rings (SSSR count). The van der Waals surface area contributed by atoms with Crippen LogP contribution in [-0.2, 0) is 22.5 Å². The number of rotatable bonds is 6. The summed E-state index contributed by atoms with van der Waals surface area (Å²) in [6.45, 7) is 4.69. The Kier molecular flexibility index (Phi) is 6.80. The number of amides is 1. The lowest BCUT2D eigenvalue weighted by molar-refractivity contribution is -0.136. The first kappa shape index (κ1) is 21.7. The summed E-state index contributed by atoms with van der Waals surface area (Å²) in [5, 5.41) is 0. The van der Waals surface area contributed by atoms with Gasteiger partial charge in [-0.3, -0.25) is 4.79 Å². The Morgan fingerprint density at radius 1 is 1.23 bits per heavy atom. The molecule has 7 heteroatoms. The van der Waals surface area contributed by atoms with Crippen LogP contribution in [0.25, 0.3) is 0 Å². The van der Waals surface area contributed by atoms with Crippen LogP contribution in [0.1, 0.15) is 60.8 Å². The molecule has 6 nitrogen and oxygen atoms in total. The predicted octanol–water partition coefficient (Wildman–Crippen LogP) is 3.97. The van der Waals surface area contributed by atoms with Crippen LogP contribution in [0.15, 0.2) is 24.3 Å². The Balaban J connectivity index is 1.64. The molecule has 0 bridgehead atoms. The van der Waals surface area contributed by atoms with Crippen LogP contribution in [0.3, 0.4) is 0 Å². The van der Waals surface area contributed by atoms with Crippen LogP contribution >= 0.6 is 0 Å². The van der Waals surface area contributed by atoms with Gasteiger partial charge < -0.3 is 14.5 Å². The second-order valence-electron chi connectivity index (χ2n) is 8.47. The van der Waals surface area contributed by atoms with E-state index in [1.165, 1.54) is 11.6 Å². The number of carbonyl (C=O) groups is 1. The number of benzene rings is 1. The zero-order chi connectivity index (χ0) is 21.8. The second kappa shape index (κ2) is 9.73. The molecule has 0 spiro atoms. The van der Waals surface area contributed by atoms with E-state index in [-0.39, 0.29) is 17.8 Å². The second-order valence-corrected chi connectivity index (χ2v) is 8.47.